The normalized spacial score (nSPS) is 20.9. The van der Waals surface area contributed by atoms with Gasteiger partial charge in [0.25, 0.3) is 0 Å². The Bertz CT molecular complexity index is 721. The quantitative estimate of drug-likeness (QED) is 0.499. The SMILES string of the molecule is O=P(O)(O)N=C1C=C(O)C=CC1C(O)CCCc1cccc(O)c1. The first-order chi connectivity index (χ1) is 11.2. The van der Waals surface area contributed by atoms with E-state index in [4.69, 9.17) is 9.79 Å². The van der Waals surface area contributed by atoms with E-state index in [-0.39, 0.29) is 17.2 Å². The standard InChI is InChI=1S/C16H20NO6P/c18-12-5-1-3-11(9-12)4-2-6-16(20)14-8-7-13(19)10-15(14)17-24(21,22)23/h1,3,5,7-10,14,16,18-20H,2,4,6H2,(H2,21,22,23). The Morgan fingerprint density at radius 2 is 2.00 bits per heavy atom. The van der Waals surface area contributed by atoms with Crippen LogP contribution >= 0.6 is 7.75 Å². The van der Waals surface area contributed by atoms with Gasteiger partial charge in [0.15, 0.2) is 0 Å². The molecule has 0 saturated carbocycles. The van der Waals surface area contributed by atoms with Crippen molar-refractivity contribution in [3.8, 4) is 5.75 Å². The van der Waals surface area contributed by atoms with Gasteiger partial charge in [-0.25, -0.2) is 4.57 Å². The van der Waals surface area contributed by atoms with Crippen LogP contribution in [0.4, 0.5) is 0 Å². The Hall–Kier alpha value is -1.92. The maximum absolute atomic E-state index is 11.1. The highest BCUT2D eigenvalue weighted by atomic mass is 31.2. The first-order valence-electron chi connectivity index (χ1n) is 7.45. The predicted molar refractivity (Wildman–Crippen MR) is 89.9 cm³/mol. The highest BCUT2D eigenvalue weighted by molar-refractivity contribution is 7.50. The molecule has 24 heavy (non-hydrogen) atoms. The van der Waals surface area contributed by atoms with Crippen molar-refractivity contribution in [2.24, 2.45) is 10.7 Å². The number of aliphatic hydroxyl groups is 2. The van der Waals surface area contributed by atoms with E-state index >= 15 is 0 Å². The summed E-state index contributed by atoms with van der Waals surface area (Å²) in [6.45, 7) is 0. The average molecular weight is 353 g/mol. The molecule has 1 aliphatic rings. The van der Waals surface area contributed by atoms with Gasteiger partial charge in [-0.15, -0.1) is 0 Å². The van der Waals surface area contributed by atoms with E-state index < -0.39 is 19.8 Å². The first-order valence-corrected chi connectivity index (χ1v) is 9.01. The molecule has 8 heteroatoms. The van der Waals surface area contributed by atoms with Crippen LogP contribution in [-0.4, -0.2) is 36.9 Å². The molecular weight excluding hydrogens is 333 g/mol. The van der Waals surface area contributed by atoms with E-state index in [1.165, 1.54) is 12.2 Å². The Balaban J connectivity index is 2.00. The molecule has 0 spiro atoms. The topological polar surface area (TPSA) is 131 Å². The third kappa shape index (κ3) is 5.62. The van der Waals surface area contributed by atoms with Crippen LogP contribution in [0.5, 0.6) is 5.75 Å². The van der Waals surface area contributed by atoms with Crippen molar-refractivity contribution >= 4 is 13.5 Å². The number of hydrogen-bond donors (Lipinski definition) is 5. The Labute approximate surface area is 139 Å². The van der Waals surface area contributed by atoms with Gasteiger partial charge in [-0.3, -0.25) is 0 Å². The third-order valence-corrected chi connectivity index (χ3v) is 4.14. The van der Waals surface area contributed by atoms with Crippen LogP contribution in [0, 0.1) is 5.92 Å². The molecule has 2 rings (SSSR count). The highest BCUT2D eigenvalue weighted by Crippen LogP contribution is 2.38. The van der Waals surface area contributed by atoms with Gasteiger partial charge in [-0.1, -0.05) is 18.2 Å². The second-order valence-electron chi connectivity index (χ2n) is 5.62. The van der Waals surface area contributed by atoms with E-state index in [0.717, 1.165) is 11.6 Å². The molecular formula is C16H20NO6P. The summed E-state index contributed by atoms with van der Waals surface area (Å²) in [6, 6.07) is 6.83. The largest absolute Gasteiger partial charge is 0.508 e. The van der Waals surface area contributed by atoms with Crippen molar-refractivity contribution in [2.45, 2.75) is 25.4 Å². The van der Waals surface area contributed by atoms with E-state index in [1.54, 1.807) is 18.2 Å². The van der Waals surface area contributed by atoms with Gasteiger partial charge in [0.2, 0.25) is 0 Å². The van der Waals surface area contributed by atoms with Gasteiger partial charge < -0.3 is 25.1 Å². The molecule has 130 valence electrons. The van der Waals surface area contributed by atoms with Crippen molar-refractivity contribution in [1.82, 2.24) is 0 Å². The fourth-order valence-electron chi connectivity index (χ4n) is 2.57. The molecule has 1 aromatic rings. The van der Waals surface area contributed by atoms with Gasteiger partial charge >= 0.3 is 7.75 Å². The summed E-state index contributed by atoms with van der Waals surface area (Å²) in [5.41, 5.74) is 0.885. The number of phenolic OH excluding ortho intramolecular Hbond substituents is 1. The predicted octanol–water partition coefficient (Wildman–Crippen LogP) is 2.24. The maximum Gasteiger partial charge on any atom is 0.448 e. The number of aromatic hydroxyl groups is 1. The minimum absolute atomic E-state index is 0.0480. The second-order valence-corrected chi connectivity index (χ2v) is 6.85. The first kappa shape index (κ1) is 18.4. The van der Waals surface area contributed by atoms with Crippen LogP contribution in [0.15, 0.2) is 53.0 Å². The van der Waals surface area contributed by atoms with Crippen LogP contribution in [0.1, 0.15) is 18.4 Å². The smallest absolute Gasteiger partial charge is 0.448 e. The number of rotatable bonds is 6. The summed E-state index contributed by atoms with van der Waals surface area (Å²) < 4.78 is 14.4. The number of allylic oxidation sites excluding steroid dienone is 2. The molecule has 0 aromatic heterocycles. The lowest BCUT2D eigenvalue weighted by Crippen LogP contribution is -2.27. The van der Waals surface area contributed by atoms with Gasteiger partial charge in [0.1, 0.15) is 11.5 Å². The Kier molecular flexibility index (Phi) is 5.96. The summed E-state index contributed by atoms with van der Waals surface area (Å²) in [4.78, 5) is 18.0. The Morgan fingerprint density at radius 1 is 1.25 bits per heavy atom. The van der Waals surface area contributed by atoms with Crippen LogP contribution in [-0.2, 0) is 11.0 Å². The van der Waals surface area contributed by atoms with E-state index in [1.807, 2.05) is 6.07 Å². The molecule has 0 saturated heterocycles. The summed E-state index contributed by atoms with van der Waals surface area (Å²) in [5, 5.41) is 29.2. The fourth-order valence-corrected chi connectivity index (χ4v) is 3.07. The molecule has 0 amide bonds. The number of nitrogens with zero attached hydrogens (tertiary/aromatic N) is 1. The summed E-state index contributed by atoms with van der Waals surface area (Å²) in [5.74, 6) is -0.692. The van der Waals surface area contributed by atoms with Crippen molar-refractivity contribution in [3.63, 3.8) is 0 Å². The van der Waals surface area contributed by atoms with Crippen molar-refractivity contribution in [2.75, 3.05) is 0 Å². The molecule has 7 nitrogen and oxygen atoms in total. The maximum atomic E-state index is 11.1. The number of aryl methyl sites for hydroxylation is 1. The Morgan fingerprint density at radius 3 is 2.67 bits per heavy atom. The minimum atomic E-state index is -4.66. The van der Waals surface area contributed by atoms with Crippen molar-refractivity contribution < 1.29 is 29.7 Å². The van der Waals surface area contributed by atoms with Gasteiger partial charge in [-0.05, 0) is 43.0 Å². The third-order valence-electron chi connectivity index (χ3n) is 3.65. The summed E-state index contributed by atoms with van der Waals surface area (Å²) in [7, 11) is -4.66. The average Bonchev–Trinajstić information content (AvgIpc) is 2.45. The van der Waals surface area contributed by atoms with Gasteiger partial charge in [-0.2, -0.15) is 4.76 Å². The van der Waals surface area contributed by atoms with Crippen LogP contribution < -0.4 is 0 Å². The minimum Gasteiger partial charge on any atom is -0.508 e. The lowest BCUT2D eigenvalue weighted by molar-refractivity contribution is 0.143. The van der Waals surface area contributed by atoms with Crippen molar-refractivity contribution in [1.29, 1.82) is 0 Å². The number of hydrogen-bond acceptors (Lipinski definition) is 4. The summed E-state index contributed by atoms with van der Waals surface area (Å²) >= 11 is 0. The fraction of sp³-hybridized carbons (Fsp3) is 0.312. The van der Waals surface area contributed by atoms with Crippen LogP contribution in [0.3, 0.4) is 0 Å². The lowest BCUT2D eigenvalue weighted by atomic mass is 9.89. The zero-order valence-corrected chi connectivity index (χ0v) is 13.8. The zero-order chi connectivity index (χ0) is 17.7. The molecule has 1 aromatic carbocycles. The molecule has 0 fully saturated rings. The van der Waals surface area contributed by atoms with E-state index in [2.05, 4.69) is 4.76 Å². The molecule has 5 N–H and O–H groups in total. The lowest BCUT2D eigenvalue weighted by Gasteiger charge is -2.22. The second kappa shape index (κ2) is 7.77. The number of aliphatic hydroxyl groups excluding tert-OH is 2. The monoisotopic (exact) mass is 353 g/mol. The molecule has 1 aliphatic carbocycles. The summed E-state index contributed by atoms with van der Waals surface area (Å²) in [6.07, 6.45) is 4.72. The number of phenols is 1. The van der Waals surface area contributed by atoms with E-state index in [9.17, 15) is 19.9 Å². The van der Waals surface area contributed by atoms with E-state index in [0.29, 0.717) is 19.3 Å². The number of benzene rings is 1. The molecule has 0 heterocycles. The molecule has 2 atom stereocenters. The molecule has 0 bridgehead atoms. The molecule has 0 radical (unpaired) electrons. The molecule has 2 unspecified atom stereocenters. The van der Waals surface area contributed by atoms with Crippen LogP contribution in [0.25, 0.3) is 0 Å². The highest BCUT2D eigenvalue weighted by Gasteiger charge is 2.26. The van der Waals surface area contributed by atoms with Crippen LogP contribution in [0.2, 0.25) is 0 Å². The van der Waals surface area contributed by atoms with Crippen molar-refractivity contribution in [3.05, 3.63) is 53.8 Å². The van der Waals surface area contributed by atoms with Gasteiger partial charge in [0, 0.05) is 12.0 Å². The zero-order valence-electron chi connectivity index (χ0n) is 12.9. The molecule has 0 aliphatic heterocycles. The van der Waals surface area contributed by atoms with Gasteiger partial charge in [0.05, 0.1) is 11.8 Å².